The number of fused-ring (bicyclic) bond motifs is 1. The summed E-state index contributed by atoms with van der Waals surface area (Å²) in [5.74, 6) is 0.0419. The molecule has 5 heteroatoms. The summed E-state index contributed by atoms with van der Waals surface area (Å²) in [5.41, 5.74) is 2.55. The van der Waals surface area contributed by atoms with E-state index in [2.05, 4.69) is 21.4 Å². The molecule has 0 bridgehead atoms. The zero-order chi connectivity index (χ0) is 14.8. The molecule has 1 atom stereocenters. The van der Waals surface area contributed by atoms with Crippen molar-refractivity contribution in [2.24, 2.45) is 0 Å². The van der Waals surface area contributed by atoms with Crippen LogP contribution in [0.2, 0.25) is 0 Å². The predicted molar refractivity (Wildman–Crippen MR) is 80.3 cm³/mol. The van der Waals surface area contributed by atoms with Crippen LogP contribution in [0.1, 0.15) is 35.6 Å². The Morgan fingerprint density at radius 1 is 1.38 bits per heavy atom. The quantitative estimate of drug-likeness (QED) is 0.886. The monoisotopic (exact) mass is 283 g/mol. The Kier molecular flexibility index (Phi) is 3.56. The van der Waals surface area contributed by atoms with Crippen LogP contribution in [0.3, 0.4) is 0 Å². The van der Waals surface area contributed by atoms with Gasteiger partial charge in [0.1, 0.15) is 5.82 Å². The highest BCUT2D eigenvalue weighted by molar-refractivity contribution is 5.95. The number of nitrogens with one attached hydrogen (secondary N) is 2. The lowest BCUT2D eigenvalue weighted by atomic mass is 9.82. The van der Waals surface area contributed by atoms with Gasteiger partial charge in [-0.25, -0.2) is 4.79 Å². The highest BCUT2D eigenvalue weighted by atomic mass is 16.2. The van der Waals surface area contributed by atoms with Crippen molar-refractivity contribution in [3.05, 3.63) is 57.6 Å². The van der Waals surface area contributed by atoms with E-state index in [1.165, 1.54) is 5.56 Å². The minimum absolute atomic E-state index is 0.0975. The normalized spacial score (nSPS) is 17.1. The lowest BCUT2D eigenvalue weighted by Gasteiger charge is -2.24. The molecular formula is C16H17N3O2. The second-order valence-corrected chi connectivity index (χ2v) is 5.39. The van der Waals surface area contributed by atoms with E-state index >= 15 is 0 Å². The van der Waals surface area contributed by atoms with Gasteiger partial charge in [0.2, 0.25) is 5.91 Å². The van der Waals surface area contributed by atoms with E-state index in [-0.39, 0.29) is 11.8 Å². The molecule has 0 spiro atoms. The first kappa shape index (κ1) is 13.5. The van der Waals surface area contributed by atoms with Gasteiger partial charge in [-0.1, -0.05) is 24.3 Å². The van der Waals surface area contributed by atoms with Crippen molar-refractivity contribution in [1.29, 1.82) is 0 Å². The molecular weight excluding hydrogens is 266 g/mol. The van der Waals surface area contributed by atoms with Crippen molar-refractivity contribution in [2.75, 3.05) is 5.32 Å². The van der Waals surface area contributed by atoms with Gasteiger partial charge in [0.05, 0.1) is 5.92 Å². The van der Waals surface area contributed by atoms with E-state index in [4.69, 9.17) is 0 Å². The Bertz CT molecular complexity index is 736. The highest BCUT2D eigenvalue weighted by Crippen LogP contribution is 2.32. The molecule has 0 saturated carbocycles. The summed E-state index contributed by atoms with van der Waals surface area (Å²) in [4.78, 5) is 30.2. The largest absolute Gasteiger partial charge is 0.347 e. The fourth-order valence-electron chi connectivity index (χ4n) is 2.88. The molecule has 2 N–H and O–H groups in total. The summed E-state index contributed by atoms with van der Waals surface area (Å²) >= 11 is 0. The molecule has 1 heterocycles. The molecule has 21 heavy (non-hydrogen) atoms. The Morgan fingerprint density at radius 2 is 2.19 bits per heavy atom. The van der Waals surface area contributed by atoms with Gasteiger partial charge >= 0.3 is 5.69 Å². The molecule has 108 valence electrons. The highest BCUT2D eigenvalue weighted by Gasteiger charge is 2.26. The fourth-order valence-corrected chi connectivity index (χ4v) is 2.88. The predicted octanol–water partition coefficient (Wildman–Crippen LogP) is 2.14. The molecule has 0 saturated heterocycles. The van der Waals surface area contributed by atoms with Crippen molar-refractivity contribution < 1.29 is 4.79 Å². The van der Waals surface area contributed by atoms with Gasteiger partial charge in [0, 0.05) is 11.8 Å². The summed E-state index contributed by atoms with van der Waals surface area (Å²) in [5, 5.41) is 2.76. The molecule has 1 aliphatic carbocycles. The number of hydrogen-bond donors (Lipinski definition) is 2. The molecule has 2 aromatic rings. The number of carbonyl (C=O) groups is 1. The van der Waals surface area contributed by atoms with Gasteiger partial charge < -0.3 is 10.3 Å². The van der Waals surface area contributed by atoms with Crippen LogP contribution in [0.15, 0.2) is 35.1 Å². The lowest BCUT2D eigenvalue weighted by Crippen LogP contribution is -2.26. The first-order valence-electron chi connectivity index (χ1n) is 7.10. The molecule has 0 aliphatic heterocycles. The summed E-state index contributed by atoms with van der Waals surface area (Å²) in [6, 6.07) is 9.70. The topological polar surface area (TPSA) is 74.8 Å². The van der Waals surface area contributed by atoms with Crippen molar-refractivity contribution >= 4 is 11.7 Å². The van der Waals surface area contributed by atoms with Crippen molar-refractivity contribution in [3.63, 3.8) is 0 Å². The van der Waals surface area contributed by atoms with Crippen LogP contribution >= 0.6 is 0 Å². The third kappa shape index (κ3) is 2.86. The van der Waals surface area contributed by atoms with Gasteiger partial charge in [-0.15, -0.1) is 0 Å². The Morgan fingerprint density at radius 3 is 3.00 bits per heavy atom. The molecule has 1 unspecified atom stereocenters. The van der Waals surface area contributed by atoms with Crippen LogP contribution in [0.5, 0.6) is 0 Å². The standard InChI is InChI=1S/C16H17N3O2/c1-10-9-14(19-16(21)17-10)18-15(20)13-8-4-6-11-5-2-3-7-12(11)13/h2-3,5,7,9,13H,4,6,8H2,1H3,(H2,17,18,19,20,21). The zero-order valence-corrected chi connectivity index (χ0v) is 11.8. The third-order valence-electron chi connectivity index (χ3n) is 3.82. The number of aromatic amines is 1. The number of aromatic nitrogens is 2. The summed E-state index contributed by atoms with van der Waals surface area (Å²) < 4.78 is 0. The number of nitrogens with zero attached hydrogens (tertiary/aromatic N) is 1. The number of H-pyrrole nitrogens is 1. The van der Waals surface area contributed by atoms with E-state index in [0.29, 0.717) is 11.5 Å². The van der Waals surface area contributed by atoms with Gasteiger partial charge in [-0.2, -0.15) is 4.98 Å². The molecule has 1 aliphatic rings. The van der Waals surface area contributed by atoms with Crippen molar-refractivity contribution in [3.8, 4) is 0 Å². The maximum atomic E-state index is 12.5. The van der Waals surface area contributed by atoms with E-state index < -0.39 is 5.69 Å². The number of hydrogen-bond acceptors (Lipinski definition) is 3. The van der Waals surface area contributed by atoms with Crippen LogP contribution in [-0.4, -0.2) is 15.9 Å². The van der Waals surface area contributed by atoms with Crippen LogP contribution in [0.25, 0.3) is 0 Å². The van der Waals surface area contributed by atoms with Crippen LogP contribution in [-0.2, 0) is 11.2 Å². The Labute approximate surface area is 122 Å². The summed E-state index contributed by atoms with van der Waals surface area (Å²) in [7, 11) is 0. The molecule has 0 fully saturated rings. The SMILES string of the molecule is Cc1cc(NC(=O)C2CCCc3ccccc32)nc(=O)[nH]1. The number of anilines is 1. The molecule has 3 rings (SSSR count). The second kappa shape index (κ2) is 5.52. The van der Waals surface area contributed by atoms with Crippen molar-refractivity contribution in [2.45, 2.75) is 32.1 Å². The molecule has 1 aromatic carbocycles. The van der Waals surface area contributed by atoms with Crippen molar-refractivity contribution in [1.82, 2.24) is 9.97 Å². The first-order valence-corrected chi connectivity index (χ1v) is 7.10. The van der Waals surface area contributed by atoms with Crippen LogP contribution in [0.4, 0.5) is 5.82 Å². The molecule has 0 radical (unpaired) electrons. The minimum Gasteiger partial charge on any atom is -0.310 e. The Balaban J connectivity index is 1.85. The molecule has 1 aromatic heterocycles. The van der Waals surface area contributed by atoms with Gasteiger partial charge in [0.25, 0.3) is 0 Å². The van der Waals surface area contributed by atoms with Gasteiger partial charge in [-0.3, -0.25) is 4.79 Å². The molecule has 5 nitrogen and oxygen atoms in total. The number of rotatable bonds is 2. The average Bonchev–Trinajstić information content (AvgIpc) is 2.45. The second-order valence-electron chi connectivity index (χ2n) is 5.39. The fraction of sp³-hybridized carbons (Fsp3) is 0.312. The smallest absolute Gasteiger partial charge is 0.310 e. The van der Waals surface area contributed by atoms with E-state index in [1.54, 1.807) is 13.0 Å². The van der Waals surface area contributed by atoms with E-state index in [0.717, 1.165) is 24.8 Å². The first-order chi connectivity index (χ1) is 10.1. The number of benzene rings is 1. The summed E-state index contributed by atoms with van der Waals surface area (Å²) in [6.45, 7) is 1.76. The van der Waals surface area contributed by atoms with E-state index in [1.807, 2.05) is 18.2 Å². The number of aryl methyl sites for hydroxylation is 2. The van der Waals surface area contributed by atoms with E-state index in [9.17, 15) is 9.59 Å². The van der Waals surface area contributed by atoms with Gasteiger partial charge in [-0.05, 0) is 37.3 Å². The molecule has 1 amide bonds. The van der Waals surface area contributed by atoms with Crippen LogP contribution < -0.4 is 11.0 Å². The number of carbonyl (C=O) groups excluding carboxylic acids is 1. The van der Waals surface area contributed by atoms with Crippen LogP contribution in [0, 0.1) is 6.92 Å². The zero-order valence-electron chi connectivity index (χ0n) is 11.8. The average molecular weight is 283 g/mol. The lowest BCUT2D eigenvalue weighted by molar-refractivity contribution is -0.117. The number of amides is 1. The maximum Gasteiger partial charge on any atom is 0.347 e. The minimum atomic E-state index is -0.450. The Hall–Kier alpha value is -2.43. The maximum absolute atomic E-state index is 12.5. The summed E-state index contributed by atoms with van der Waals surface area (Å²) in [6.07, 6.45) is 2.84. The third-order valence-corrected chi connectivity index (χ3v) is 3.82. The van der Waals surface area contributed by atoms with Gasteiger partial charge in [0.15, 0.2) is 0 Å².